The molecule has 0 aliphatic rings. The second-order valence-corrected chi connectivity index (χ2v) is 12.6. The molecule has 5 rings (SSSR count). The van der Waals surface area contributed by atoms with Gasteiger partial charge in [0.2, 0.25) is 11.8 Å². The highest BCUT2D eigenvalue weighted by Crippen LogP contribution is 2.27. The summed E-state index contributed by atoms with van der Waals surface area (Å²) in [6.07, 6.45) is 0. The van der Waals surface area contributed by atoms with Crippen LogP contribution < -0.4 is 21.3 Å². The number of aromatic nitrogens is 2. The lowest BCUT2D eigenvalue weighted by Crippen LogP contribution is -2.49. The number of benzene rings is 4. The van der Waals surface area contributed by atoms with Crippen LogP contribution in [-0.4, -0.2) is 56.1 Å². The average molecular weight is 689 g/mol. The topological polar surface area (TPSA) is 186 Å². The van der Waals surface area contributed by atoms with Crippen LogP contribution in [-0.2, 0) is 30.4 Å². The monoisotopic (exact) mass is 688 g/mol. The average Bonchev–Trinajstić information content (AvgIpc) is 3.63. The summed E-state index contributed by atoms with van der Waals surface area (Å²) in [6, 6.07) is 31.8. The van der Waals surface area contributed by atoms with Gasteiger partial charge in [-0.05, 0) is 74.7 Å². The van der Waals surface area contributed by atoms with Crippen LogP contribution >= 0.6 is 0 Å². The Bertz CT molecular complexity index is 1850. The third-order valence-electron chi connectivity index (χ3n) is 8.54. The molecular formula is C39H40N6O6. The van der Waals surface area contributed by atoms with Crippen molar-refractivity contribution in [3.8, 4) is 22.5 Å². The molecule has 4 amide bonds. The molecule has 1 aromatic heterocycles. The van der Waals surface area contributed by atoms with Gasteiger partial charge in [-0.15, -0.1) is 0 Å². The summed E-state index contributed by atoms with van der Waals surface area (Å²) >= 11 is 0. The Balaban J connectivity index is 1.13. The SMILES string of the molecule is C[C@H](Nc1ccc(-c2cc(-c3ccc(N[C@@H](C)C(=O)NC(=O)[C@](C)(O)c4ccccc4)cc3)[nH]n2)cc1)C(=O)NC(=O)[C@](C)(O)c1ccccc1. The van der Waals surface area contributed by atoms with Gasteiger partial charge in [0.05, 0.1) is 11.4 Å². The number of amides is 4. The Labute approximate surface area is 295 Å². The fourth-order valence-electron chi connectivity index (χ4n) is 5.20. The van der Waals surface area contributed by atoms with E-state index in [0.717, 1.165) is 16.8 Å². The van der Waals surface area contributed by atoms with E-state index in [1.54, 1.807) is 98.8 Å². The molecule has 1 heterocycles. The number of H-pyrrole nitrogens is 1. The van der Waals surface area contributed by atoms with E-state index in [-0.39, 0.29) is 0 Å². The standard InChI is InChI=1S/C39H40N6O6/c1-24(34(46)42-36(48)38(3,50)28-11-7-5-8-12-28)40-30-19-15-26(16-20-30)32-23-33(45-44-32)27-17-21-31(22-18-27)41-25(2)35(47)43-37(49)39(4,51)29-13-9-6-10-14-29/h5-25,40-41,50-51H,1-4H3,(H,44,45)(H,42,46,48)(H,43,47,49)/t24-,25-,38+,39+/m0/s1. The van der Waals surface area contributed by atoms with Gasteiger partial charge in [0, 0.05) is 16.9 Å². The molecule has 0 bridgehead atoms. The van der Waals surface area contributed by atoms with Crippen molar-refractivity contribution >= 4 is 35.0 Å². The highest BCUT2D eigenvalue weighted by molar-refractivity contribution is 6.03. The van der Waals surface area contributed by atoms with Gasteiger partial charge >= 0.3 is 0 Å². The predicted molar refractivity (Wildman–Crippen MR) is 194 cm³/mol. The smallest absolute Gasteiger partial charge is 0.262 e. The van der Waals surface area contributed by atoms with E-state index in [1.165, 1.54) is 13.8 Å². The Hall–Kier alpha value is -6.11. The number of imide groups is 2. The molecular weight excluding hydrogens is 648 g/mol. The van der Waals surface area contributed by atoms with Crippen LogP contribution in [0.25, 0.3) is 22.5 Å². The minimum absolute atomic E-state index is 0.375. The largest absolute Gasteiger partial charge is 0.376 e. The minimum atomic E-state index is -1.87. The summed E-state index contributed by atoms with van der Waals surface area (Å²) in [5.41, 5.74) is 1.45. The van der Waals surface area contributed by atoms with Gasteiger partial charge in [-0.1, -0.05) is 84.9 Å². The molecule has 0 aliphatic heterocycles. The van der Waals surface area contributed by atoms with E-state index in [0.29, 0.717) is 28.2 Å². The molecule has 0 fully saturated rings. The van der Waals surface area contributed by atoms with E-state index >= 15 is 0 Å². The summed E-state index contributed by atoms with van der Waals surface area (Å²) in [6.45, 7) is 5.91. The highest BCUT2D eigenvalue weighted by Gasteiger charge is 2.35. The van der Waals surface area contributed by atoms with Crippen LogP contribution in [0.15, 0.2) is 115 Å². The van der Waals surface area contributed by atoms with Crippen LogP contribution in [0.4, 0.5) is 11.4 Å². The maximum Gasteiger partial charge on any atom is 0.262 e. The molecule has 4 aromatic carbocycles. The van der Waals surface area contributed by atoms with Crippen molar-refractivity contribution in [2.45, 2.75) is 51.0 Å². The molecule has 0 aliphatic carbocycles. The zero-order valence-corrected chi connectivity index (χ0v) is 28.6. The first-order valence-electron chi connectivity index (χ1n) is 16.3. The molecule has 0 radical (unpaired) electrons. The molecule has 0 saturated carbocycles. The molecule has 262 valence electrons. The number of carbonyl (C=O) groups is 4. The van der Waals surface area contributed by atoms with Gasteiger partial charge in [0.1, 0.15) is 12.1 Å². The third kappa shape index (κ3) is 8.55. The number of hydrogen-bond acceptors (Lipinski definition) is 9. The Morgan fingerprint density at radius 3 is 1.41 bits per heavy atom. The highest BCUT2D eigenvalue weighted by atomic mass is 16.3. The molecule has 4 atom stereocenters. The number of rotatable bonds is 12. The van der Waals surface area contributed by atoms with Gasteiger partial charge in [0.25, 0.3) is 11.8 Å². The zero-order valence-electron chi connectivity index (χ0n) is 28.6. The van der Waals surface area contributed by atoms with Crippen molar-refractivity contribution in [2.75, 3.05) is 10.6 Å². The lowest BCUT2D eigenvalue weighted by molar-refractivity contribution is -0.144. The maximum atomic E-state index is 12.7. The number of anilines is 2. The van der Waals surface area contributed by atoms with Crippen LogP contribution in [0.3, 0.4) is 0 Å². The summed E-state index contributed by atoms with van der Waals surface area (Å²) in [5, 5.41) is 39.6. The summed E-state index contributed by atoms with van der Waals surface area (Å²) in [4.78, 5) is 50.8. The normalized spacial score (nSPS) is 14.5. The van der Waals surface area contributed by atoms with Crippen LogP contribution in [0.1, 0.15) is 38.8 Å². The molecule has 51 heavy (non-hydrogen) atoms. The Morgan fingerprint density at radius 1 is 0.608 bits per heavy atom. The van der Waals surface area contributed by atoms with Gasteiger partial charge in [-0.25, -0.2) is 0 Å². The number of aliphatic hydroxyl groups is 2. The van der Waals surface area contributed by atoms with Crippen molar-refractivity contribution in [3.05, 3.63) is 126 Å². The maximum absolute atomic E-state index is 12.7. The zero-order chi connectivity index (χ0) is 36.8. The molecule has 12 nitrogen and oxygen atoms in total. The van der Waals surface area contributed by atoms with E-state index in [4.69, 9.17) is 0 Å². The van der Waals surface area contributed by atoms with E-state index in [1.807, 2.05) is 30.3 Å². The fraction of sp³-hybridized carbons (Fsp3) is 0.205. The molecule has 0 spiro atoms. The van der Waals surface area contributed by atoms with E-state index < -0.39 is 46.9 Å². The number of hydrogen-bond donors (Lipinski definition) is 7. The second-order valence-electron chi connectivity index (χ2n) is 12.6. The van der Waals surface area contributed by atoms with E-state index in [2.05, 4.69) is 31.5 Å². The van der Waals surface area contributed by atoms with Crippen molar-refractivity contribution in [2.24, 2.45) is 0 Å². The number of aromatic amines is 1. The molecule has 12 heteroatoms. The Morgan fingerprint density at radius 2 is 1.00 bits per heavy atom. The van der Waals surface area contributed by atoms with Gasteiger partial charge in [0.15, 0.2) is 11.2 Å². The summed E-state index contributed by atoms with van der Waals surface area (Å²) < 4.78 is 0. The first-order valence-corrected chi connectivity index (χ1v) is 16.3. The number of carbonyl (C=O) groups excluding carboxylic acids is 4. The van der Waals surface area contributed by atoms with Crippen LogP contribution in [0, 0.1) is 0 Å². The summed E-state index contributed by atoms with van der Waals surface area (Å²) in [5.74, 6) is -2.80. The predicted octanol–water partition coefficient (Wildman–Crippen LogP) is 4.45. The Kier molecular flexibility index (Phi) is 10.8. The van der Waals surface area contributed by atoms with Crippen LogP contribution in [0.5, 0.6) is 0 Å². The first-order chi connectivity index (χ1) is 24.3. The van der Waals surface area contributed by atoms with Gasteiger partial charge < -0.3 is 20.8 Å². The van der Waals surface area contributed by atoms with Crippen molar-refractivity contribution in [3.63, 3.8) is 0 Å². The molecule has 0 saturated heterocycles. The fourth-order valence-corrected chi connectivity index (χ4v) is 5.20. The number of nitrogens with one attached hydrogen (secondary N) is 5. The molecule has 0 unspecified atom stereocenters. The minimum Gasteiger partial charge on any atom is -0.376 e. The molecule has 7 N–H and O–H groups in total. The van der Waals surface area contributed by atoms with Crippen LogP contribution in [0.2, 0.25) is 0 Å². The first kappa shape index (κ1) is 36.2. The van der Waals surface area contributed by atoms with Crippen molar-refractivity contribution in [1.82, 2.24) is 20.8 Å². The van der Waals surface area contributed by atoms with Crippen molar-refractivity contribution < 1.29 is 29.4 Å². The lowest BCUT2D eigenvalue weighted by atomic mass is 9.95. The second kappa shape index (κ2) is 15.2. The quantitative estimate of drug-likeness (QED) is 0.0995. The third-order valence-corrected chi connectivity index (χ3v) is 8.54. The van der Waals surface area contributed by atoms with Crippen molar-refractivity contribution in [1.29, 1.82) is 0 Å². The van der Waals surface area contributed by atoms with Gasteiger partial charge in [-0.3, -0.25) is 34.9 Å². The number of nitrogens with zero attached hydrogens (tertiary/aromatic N) is 1. The summed E-state index contributed by atoms with van der Waals surface area (Å²) in [7, 11) is 0. The molecule has 5 aromatic rings. The lowest BCUT2D eigenvalue weighted by Gasteiger charge is -2.23. The van der Waals surface area contributed by atoms with Gasteiger partial charge in [-0.2, -0.15) is 5.10 Å². The van der Waals surface area contributed by atoms with E-state index in [9.17, 15) is 29.4 Å².